The Morgan fingerprint density at radius 2 is 2.38 bits per heavy atom. The summed E-state index contributed by atoms with van der Waals surface area (Å²) in [5.41, 5.74) is 0.192. The molecule has 0 aliphatic carbocycles. The molecule has 2 rings (SSSR count). The van der Waals surface area contributed by atoms with E-state index in [9.17, 15) is 4.39 Å². The first-order valence-electron chi connectivity index (χ1n) is 4.89. The number of nitrogens with zero attached hydrogens (tertiary/aromatic N) is 1. The molecule has 0 spiro atoms. The van der Waals surface area contributed by atoms with E-state index in [2.05, 4.69) is 4.90 Å². The first kappa shape index (κ1) is 10.1. The van der Waals surface area contributed by atoms with Crippen LogP contribution in [0.2, 0.25) is 0 Å². The molecule has 0 bridgehead atoms. The van der Waals surface area contributed by atoms with Crippen molar-refractivity contribution in [2.75, 3.05) is 19.8 Å². The lowest BCUT2D eigenvalue weighted by Crippen LogP contribution is -2.45. The number of fused-ring (bicyclic) bond motifs is 1. The lowest BCUT2D eigenvalue weighted by Gasteiger charge is -2.33. The topological polar surface area (TPSA) is 12.5 Å². The van der Waals surface area contributed by atoms with Crippen molar-refractivity contribution >= 4 is 23.0 Å². The first-order chi connectivity index (χ1) is 6.32. The molecule has 2 unspecified atom stereocenters. The van der Waals surface area contributed by atoms with E-state index < -0.39 is 0 Å². The molecule has 2 fully saturated rings. The molecule has 76 valence electrons. The number of alkyl halides is 1. The number of hydrogen-bond acceptors (Lipinski definition) is 2. The van der Waals surface area contributed by atoms with Gasteiger partial charge in [-0.15, -0.1) is 0 Å². The van der Waals surface area contributed by atoms with Crippen molar-refractivity contribution in [3.05, 3.63) is 0 Å². The molecule has 2 nitrogen and oxygen atoms in total. The van der Waals surface area contributed by atoms with Crippen LogP contribution in [0.5, 0.6) is 0 Å². The van der Waals surface area contributed by atoms with Gasteiger partial charge in [0, 0.05) is 11.6 Å². The maximum Gasteiger partial charge on any atom is 0.109 e. The first-order valence-corrected chi connectivity index (χ1v) is 5.77. The number of hydrogen-bond donors (Lipinski definition) is 0. The average Bonchev–Trinajstić information content (AvgIpc) is 2.62. The Hall–Kier alpha value is 0.580. The Bertz CT molecular complexity index is 192. The summed E-state index contributed by atoms with van der Waals surface area (Å²) in [5, 5.41) is 0. The van der Waals surface area contributed by atoms with Crippen molar-refractivity contribution in [1.29, 1.82) is 0 Å². The van der Waals surface area contributed by atoms with Gasteiger partial charge in [0.25, 0.3) is 0 Å². The Labute approximate surface area is 92.5 Å². The fraction of sp³-hybridized carbons (Fsp3) is 1.00. The third-order valence-corrected chi connectivity index (χ3v) is 3.85. The summed E-state index contributed by atoms with van der Waals surface area (Å²) in [6.07, 6.45) is 4.52. The van der Waals surface area contributed by atoms with Gasteiger partial charge in [-0.2, -0.15) is 0 Å². The van der Waals surface area contributed by atoms with E-state index in [-0.39, 0.29) is 18.3 Å². The molecule has 0 saturated carbocycles. The van der Waals surface area contributed by atoms with Crippen molar-refractivity contribution in [2.24, 2.45) is 0 Å². The minimum absolute atomic E-state index is 0.175. The van der Waals surface area contributed by atoms with Crippen molar-refractivity contribution in [1.82, 2.24) is 4.90 Å². The van der Waals surface area contributed by atoms with E-state index in [4.69, 9.17) is 3.07 Å². The molecule has 0 amide bonds. The quantitative estimate of drug-likeness (QED) is 0.742. The van der Waals surface area contributed by atoms with Gasteiger partial charge in [0.05, 0.1) is 6.61 Å². The van der Waals surface area contributed by atoms with Crippen LogP contribution >= 0.6 is 23.0 Å². The fourth-order valence-corrected chi connectivity index (χ4v) is 3.46. The van der Waals surface area contributed by atoms with Crippen LogP contribution < -0.4 is 0 Å². The standard InChI is InChI=1S/C9H15FINO/c10-6-8-2-4-9(7-13-11)3-1-5-12(8)9/h8H,1-7H2. The van der Waals surface area contributed by atoms with Crippen molar-refractivity contribution in [3.63, 3.8) is 0 Å². The van der Waals surface area contributed by atoms with Gasteiger partial charge < -0.3 is 3.07 Å². The van der Waals surface area contributed by atoms with Gasteiger partial charge in [-0.3, -0.25) is 4.90 Å². The van der Waals surface area contributed by atoms with Gasteiger partial charge in [0.1, 0.15) is 29.7 Å². The maximum absolute atomic E-state index is 12.7. The Balaban J connectivity index is 2.09. The van der Waals surface area contributed by atoms with E-state index in [1.165, 1.54) is 12.8 Å². The highest BCUT2D eigenvalue weighted by Gasteiger charge is 2.49. The summed E-state index contributed by atoms with van der Waals surface area (Å²) >= 11 is 1.95. The van der Waals surface area contributed by atoms with E-state index >= 15 is 0 Å². The zero-order chi connectivity index (χ0) is 9.31. The van der Waals surface area contributed by atoms with Crippen LogP contribution in [-0.2, 0) is 3.07 Å². The number of rotatable bonds is 3. The summed E-state index contributed by atoms with van der Waals surface area (Å²) in [6, 6.07) is 0.175. The Morgan fingerprint density at radius 1 is 1.54 bits per heavy atom. The summed E-state index contributed by atoms with van der Waals surface area (Å²) in [7, 11) is 0. The van der Waals surface area contributed by atoms with Crippen molar-refractivity contribution in [3.8, 4) is 0 Å². The largest absolute Gasteiger partial charge is 0.314 e. The fourth-order valence-electron chi connectivity index (χ4n) is 2.88. The van der Waals surface area contributed by atoms with E-state index in [0.717, 1.165) is 26.0 Å². The molecule has 2 saturated heterocycles. The Morgan fingerprint density at radius 3 is 3.08 bits per heavy atom. The molecule has 13 heavy (non-hydrogen) atoms. The molecule has 0 aromatic heterocycles. The maximum atomic E-state index is 12.7. The highest BCUT2D eigenvalue weighted by atomic mass is 127. The molecule has 0 aromatic carbocycles. The lowest BCUT2D eigenvalue weighted by atomic mass is 9.95. The van der Waals surface area contributed by atoms with Gasteiger partial charge >= 0.3 is 0 Å². The number of halogens is 2. The third-order valence-electron chi connectivity index (χ3n) is 3.54. The second kappa shape index (κ2) is 3.98. The summed E-state index contributed by atoms with van der Waals surface area (Å²) in [6.45, 7) is 1.64. The predicted octanol–water partition coefficient (Wildman–Crippen LogP) is 2.32. The van der Waals surface area contributed by atoms with Gasteiger partial charge in [0.15, 0.2) is 0 Å². The van der Waals surface area contributed by atoms with Gasteiger partial charge in [-0.05, 0) is 32.2 Å². The van der Waals surface area contributed by atoms with Gasteiger partial charge in [-0.25, -0.2) is 4.39 Å². The van der Waals surface area contributed by atoms with Crippen LogP contribution in [0.4, 0.5) is 4.39 Å². The molecule has 2 aliphatic rings. The zero-order valence-electron chi connectivity index (χ0n) is 7.64. The second-order valence-corrected chi connectivity index (χ2v) is 4.74. The average molecular weight is 299 g/mol. The van der Waals surface area contributed by atoms with E-state index in [1.807, 2.05) is 23.0 Å². The predicted molar refractivity (Wildman–Crippen MR) is 57.6 cm³/mol. The van der Waals surface area contributed by atoms with Gasteiger partial charge in [0.2, 0.25) is 0 Å². The molecular formula is C9H15FINO. The molecule has 2 heterocycles. The van der Waals surface area contributed by atoms with E-state index in [0.29, 0.717) is 0 Å². The molecule has 2 aliphatic heterocycles. The lowest BCUT2D eigenvalue weighted by molar-refractivity contribution is 0.0982. The minimum atomic E-state index is -0.191. The third kappa shape index (κ3) is 1.61. The summed E-state index contributed by atoms with van der Waals surface area (Å²) in [5.74, 6) is 0. The molecule has 2 atom stereocenters. The molecule has 0 N–H and O–H groups in total. The molecule has 0 aromatic rings. The smallest absolute Gasteiger partial charge is 0.109 e. The van der Waals surface area contributed by atoms with Crippen molar-refractivity contribution < 1.29 is 7.46 Å². The van der Waals surface area contributed by atoms with E-state index in [1.54, 1.807) is 0 Å². The second-order valence-electron chi connectivity index (χ2n) is 4.12. The van der Waals surface area contributed by atoms with Crippen LogP contribution in [-0.4, -0.2) is 36.3 Å². The van der Waals surface area contributed by atoms with Gasteiger partial charge in [-0.1, -0.05) is 0 Å². The monoisotopic (exact) mass is 299 g/mol. The zero-order valence-corrected chi connectivity index (χ0v) is 9.80. The van der Waals surface area contributed by atoms with Crippen LogP contribution in [0.3, 0.4) is 0 Å². The molecule has 4 heteroatoms. The highest BCUT2D eigenvalue weighted by Crippen LogP contribution is 2.42. The van der Waals surface area contributed by atoms with Crippen LogP contribution in [0.15, 0.2) is 0 Å². The SMILES string of the molecule is FCC1CCC2(COI)CCCN12. The highest BCUT2D eigenvalue weighted by molar-refractivity contribution is 14.1. The summed E-state index contributed by atoms with van der Waals surface area (Å²) in [4.78, 5) is 2.34. The normalized spacial score (nSPS) is 39.7. The van der Waals surface area contributed by atoms with Crippen LogP contribution in [0, 0.1) is 0 Å². The minimum Gasteiger partial charge on any atom is -0.314 e. The summed E-state index contributed by atoms with van der Waals surface area (Å²) < 4.78 is 17.9. The van der Waals surface area contributed by atoms with Crippen LogP contribution in [0.1, 0.15) is 25.7 Å². The Kier molecular flexibility index (Phi) is 3.10. The molecular weight excluding hydrogens is 284 g/mol. The molecule has 0 radical (unpaired) electrons. The van der Waals surface area contributed by atoms with Crippen LogP contribution in [0.25, 0.3) is 0 Å². The van der Waals surface area contributed by atoms with Crippen molar-refractivity contribution in [2.45, 2.75) is 37.3 Å².